The molecule has 0 radical (unpaired) electrons. The van der Waals surface area contributed by atoms with Gasteiger partial charge in [-0.3, -0.25) is 14.5 Å². The number of primary amides is 1. The Morgan fingerprint density at radius 3 is 2.55 bits per heavy atom. The van der Waals surface area contributed by atoms with Gasteiger partial charge in [0, 0.05) is 37.8 Å². The van der Waals surface area contributed by atoms with Crippen molar-refractivity contribution in [3.05, 3.63) is 47.5 Å². The largest absolute Gasteiger partial charge is 0.368 e. The number of thiazole rings is 1. The molecule has 12 heteroatoms. The fourth-order valence-electron chi connectivity index (χ4n) is 3.25. The number of aromatic nitrogens is 1. The molecule has 1 aliphatic rings. The second kappa shape index (κ2) is 10.3. The maximum Gasteiger partial charge on any atom is 0.280 e. The fraction of sp³-hybridized carbons (Fsp3) is 0.421. The summed E-state index contributed by atoms with van der Waals surface area (Å²) in [5, 5.41) is 5.04. The molecular weight excluding hydrogens is 440 g/mol. The predicted molar refractivity (Wildman–Crippen MR) is 119 cm³/mol. The van der Waals surface area contributed by atoms with E-state index in [4.69, 9.17) is 5.73 Å². The van der Waals surface area contributed by atoms with E-state index in [0.29, 0.717) is 26.2 Å². The van der Waals surface area contributed by atoms with Gasteiger partial charge in [-0.25, -0.2) is 4.98 Å². The smallest absolute Gasteiger partial charge is 0.280 e. The van der Waals surface area contributed by atoms with Gasteiger partial charge in [0.1, 0.15) is 12.1 Å². The molecule has 1 aliphatic heterocycles. The zero-order valence-electron chi connectivity index (χ0n) is 17.1. The van der Waals surface area contributed by atoms with Crippen molar-refractivity contribution < 1.29 is 18.0 Å². The van der Waals surface area contributed by atoms with Gasteiger partial charge >= 0.3 is 0 Å². The summed E-state index contributed by atoms with van der Waals surface area (Å²) in [4.78, 5) is 30.8. The van der Waals surface area contributed by atoms with Crippen LogP contribution in [0.15, 0.2) is 41.9 Å². The van der Waals surface area contributed by atoms with E-state index in [0.717, 1.165) is 5.56 Å². The van der Waals surface area contributed by atoms with Gasteiger partial charge < -0.3 is 11.1 Å². The van der Waals surface area contributed by atoms with Gasteiger partial charge in [0.15, 0.2) is 5.13 Å². The molecule has 0 unspecified atom stereocenters. The van der Waals surface area contributed by atoms with Crippen LogP contribution in [0.1, 0.15) is 12.5 Å². The van der Waals surface area contributed by atoms with Crippen molar-refractivity contribution in [1.82, 2.24) is 19.3 Å². The summed E-state index contributed by atoms with van der Waals surface area (Å²) in [6.07, 6.45) is 1.61. The van der Waals surface area contributed by atoms with Crippen molar-refractivity contribution in [2.45, 2.75) is 25.4 Å². The lowest BCUT2D eigenvalue weighted by Gasteiger charge is -2.32. The SMILES string of the molecule is C[C@@H](C(N)=O)N(C(=O)[C@H](Cc1ccccc1)NS(=O)(=O)N1CCNCC1)c1nccs1. The van der Waals surface area contributed by atoms with Crippen molar-refractivity contribution in [3.63, 3.8) is 0 Å². The quantitative estimate of drug-likeness (QED) is 0.464. The fourth-order valence-corrected chi connectivity index (χ4v) is 5.33. The number of anilines is 1. The molecule has 2 heterocycles. The molecule has 0 bridgehead atoms. The van der Waals surface area contributed by atoms with Crippen LogP contribution in [0.2, 0.25) is 0 Å². The number of nitrogens with one attached hydrogen (secondary N) is 2. The molecule has 0 saturated carbocycles. The maximum atomic E-state index is 13.6. The molecule has 31 heavy (non-hydrogen) atoms. The van der Waals surface area contributed by atoms with E-state index in [1.807, 2.05) is 30.3 Å². The summed E-state index contributed by atoms with van der Waals surface area (Å²) in [6.45, 7) is 3.15. The molecule has 1 aromatic heterocycles. The van der Waals surface area contributed by atoms with Crippen molar-refractivity contribution in [3.8, 4) is 0 Å². The topological polar surface area (TPSA) is 138 Å². The molecule has 0 spiro atoms. The summed E-state index contributed by atoms with van der Waals surface area (Å²) in [7, 11) is -3.93. The molecule has 168 valence electrons. The lowest BCUT2D eigenvalue weighted by molar-refractivity contribution is -0.125. The van der Waals surface area contributed by atoms with Crippen LogP contribution in [0, 0.1) is 0 Å². The Kier molecular flexibility index (Phi) is 7.73. The van der Waals surface area contributed by atoms with E-state index in [9.17, 15) is 18.0 Å². The van der Waals surface area contributed by atoms with Crippen molar-refractivity contribution >= 4 is 38.5 Å². The molecule has 1 fully saturated rings. The zero-order valence-corrected chi connectivity index (χ0v) is 18.7. The monoisotopic (exact) mass is 466 g/mol. The number of piperazine rings is 1. The van der Waals surface area contributed by atoms with Crippen LogP contribution >= 0.6 is 11.3 Å². The second-order valence-corrected chi connectivity index (χ2v) is 9.69. The van der Waals surface area contributed by atoms with E-state index in [2.05, 4.69) is 15.0 Å². The van der Waals surface area contributed by atoms with Crippen LogP contribution in [0.25, 0.3) is 0 Å². The number of nitrogens with zero attached hydrogens (tertiary/aromatic N) is 3. The van der Waals surface area contributed by atoms with Crippen LogP contribution < -0.4 is 20.7 Å². The molecule has 0 aliphatic carbocycles. The number of carbonyl (C=O) groups excluding carboxylic acids is 2. The average Bonchev–Trinajstić information content (AvgIpc) is 3.29. The molecule has 2 atom stereocenters. The Morgan fingerprint density at radius 1 is 1.29 bits per heavy atom. The van der Waals surface area contributed by atoms with Crippen molar-refractivity contribution in [1.29, 1.82) is 0 Å². The van der Waals surface area contributed by atoms with Crippen LogP contribution in [-0.2, 0) is 26.2 Å². The number of benzene rings is 1. The van der Waals surface area contributed by atoms with Crippen LogP contribution in [0.4, 0.5) is 5.13 Å². The van der Waals surface area contributed by atoms with E-state index in [1.165, 1.54) is 33.7 Å². The van der Waals surface area contributed by atoms with E-state index < -0.39 is 34.1 Å². The highest BCUT2D eigenvalue weighted by Crippen LogP contribution is 2.22. The lowest BCUT2D eigenvalue weighted by Crippen LogP contribution is -2.58. The predicted octanol–water partition coefficient (Wildman–Crippen LogP) is -0.299. The Bertz CT molecular complexity index is 978. The summed E-state index contributed by atoms with van der Waals surface area (Å²) in [5.41, 5.74) is 6.24. The van der Waals surface area contributed by atoms with Gasteiger partial charge in [0.2, 0.25) is 11.8 Å². The number of hydrogen-bond acceptors (Lipinski definition) is 7. The Labute approximate surface area is 185 Å². The first-order valence-corrected chi connectivity index (χ1v) is 12.2. The number of amides is 2. The van der Waals surface area contributed by atoms with Crippen LogP contribution in [0.5, 0.6) is 0 Å². The van der Waals surface area contributed by atoms with Gasteiger partial charge in [-0.2, -0.15) is 17.4 Å². The molecule has 10 nitrogen and oxygen atoms in total. The highest BCUT2D eigenvalue weighted by Gasteiger charge is 2.36. The minimum atomic E-state index is -3.93. The highest BCUT2D eigenvalue weighted by atomic mass is 32.2. The van der Waals surface area contributed by atoms with Crippen LogP contribution in [-0.4, -0.2) is 67.8 Å². The molecule has 2 aromatic rings. The number of carbonyl (C=O) groups is 2. The number of nitrogens with two attached hydrogens (primary N) is 1. The summed E-state index contributed by atoms with van der Waals surface area (Å²) in [6, 6.07) is 6.93. The third kappa shape index (κ3) is 5.86. The molecule has 2 amide bonds. The first-order valence-electron chi connectivity index (χ1n) is 9.83. The third-order valence-corrected chi connectivity index (χ3v) is 7.35. The summed E-state index contributed by atoms with van der Waals surface area (Å²) < 4.78 is 29.9. The number of rotatable bonds is 9. The standard InChI is InChI=1S/C19H26N6O4S2/c1-14(17(20)26)25(19-22-9-12-30-19)18(27)16(13-15-5-3-2-4-6-15)23-31(28,29)24-10-7-21-8-11-24/h2-6,9,12,14,16,21,23H,7-8,10-11,13H2,1H3,(H2,20,26)/t14-,16-/m0/s1. The molecular formula is C19H26N6O4S2. The van der Waals surface area contributed by atoms with Gasteiger partial charge in [-0.05, 0) is 18.9 Å². The van der Waals surface area contributed by atoms with E-state index >= 15 is 0 Å². The highest BCUT2D eigenvalue weighted by molar-refractivity contribution is 7.87. The Morgan fingerprint density at radius 2 is 1.97 bits per heavy atom. The van der Waals surface area contributed by atoms with Gasteiger partial charge in [0.05, 0.1) is 0 Å². The first kappa shape index (κ1) is 23.3. The second-order valence-electron chi connectivity index (χ2n) is 7.12. The van der Waals surface area contributed by atoms with Gasteiger partial charge in [-0.1, -0.05) is 30.3 Å². The van der Waals surface area contributed by atoms with Crippen molar-refractivity contribution in [2.24, 2.45) is 5.73 Å². The van der Waals surface area contributed by atoms with Crippen LogP contribution in [0.3, 0.4) is 0 Å². The molecule has 3 rings (SSSR count). The Balaban J connectivity index is 1.93. The first-order chi connectivity index (χ1) is 14.8. The van der Waals surface area contributed by atoms with E-state index in [1.54, 1.807) is 5.38 Å². The van der Waals surface area contributed by atoms with Gasteiger partial charge in [-0.15, -0.1) is 11.3 Å². The van der Waals surface area contributed by atoms with Crippen molar-refractivity contribution in [2.75, 3.05) is 31.1 Å². The maximum absolute atomic E-state index is 13.6. The minimum Gasteiger partial charge on any atom is -0.368 e. The molecule has 1 aromatic carbocycles. The molecule has 4 N–H and O–H groups in total. The normalized spacial score (nSPS) is 17.1. The third-order valence-electron chi connectivity index (χ3n) is 4.95. The average molecular weight is 467 g/mol. The minimum absolute atomic E-state index is 0.109. The van der Waals surface area contributed by atoms with E-state index in [-0.39, 0.29) is 11.6 Å². The zero-order chi connectivity index (χ0) is 22.4. The summed E-state index contributed by atoms with van der Waals surface area (Å²) in [5.74, 6) is -1.31. The van der Waals surface area contributed by atoms with Gasteiger partial charge in [0.25, 0.3) is 10.2 Å². The Hall–Kier alpha value is -2.38. The number of hydrogen-bond donors (Lipinski definition) is 3. The summed E-state index contributed by atoms with van der Waals surface area (Å²) >= 11 is 1.17. The lowest BCUT2D eigenvalue weighted by atomic mass is 10.1. The molecule has 1 saturated heterocycles.